The molecule has 0 atom stereocenters. The molecule has 0 fully saturated rings. The predicted octanol–water partition coefficient (Wildman–Crippen LogP) is 1.84. The minimum atomic E-state index is 0.0884. The van der Waals surface area contributed by atoms with Crippen molar-refractivity contribution in [3.8, 4) is 0 Å². The summed E-state index contributed by atoms with van der Waals surface area (Å²) in [5, 5.41) is 12.4. The van der Waals surface area contributed by atoms with Gasteiger partial charge in [-0.3, -0.25) is 0 Å². The smallest absolute Gasteiger partial charge is 0.103 e. The average molecular weight is 211 g/mol. The zero-order valence-electron chi connectivity index (χ0n) is 8.06. The number of rotatable bonds is 4. The highest BCUT2D eigenvalue weighted by atomic mass is 32.1. The molecule has 0 saturated heterocycles. The molecule has 0 aromatic carbocycles. The zero-order valence-corrected chi connectivity index (χ0v) is 8.88. The van der Waals surface area contributed by atoms with Crippen LogP contribution in [0.2, 0.25) is 0 Å². The molecule has 0 radical (unpaired) electrons. The standard InChI is InChI=1S/C10H13NO2S/c1-13-4-3-11-9(7-12)6-8-2-5-14-10(8)11/h2,5-6,12H,3-4,7H2,1H3. The molecule has 2 heterocycles. The maximum Gasteiger partial charge on any atom is 0.103 e. The van der Waals surface area contributed by atoms with E-state index < -0.39 is 0 Å². The Bertz CT molecular complexity index is 419. The van der Waals surface area contributed by atoms with Gasteiger partial charge in [-0.25, -0.2) is 0 Å². The Morgan fingerprint density at radius 2 is 2.43 bits per heavy atom. The Labute approximate surface area is 86.5 Å². The lowest BCUT2D eigenvalue weighted by Crippen LogP contribution is -2.06. The van der Waals surface area contributed by atoms with Crippen LogP contribution >= 0.6 is 11.3 Å². The largest absolute Gasteiger partial charge is 0.390 e. The molecule has 0 aliphatic heterocycles. The van der Waals surface area contributed by atoms with Crippen LogP contribution in [0, 0.1) is 0 Å². The van der Waals surface area contributed by atoms with E-state index in [4.69, 9.17) is 4.74 Å². The lowest BCUT2D eigenvalue weighted by molar-refractivity contribution is 0.185. The molecule has 2 aromatic heterocycles. The number of nitrogens with zero attached hydrogens (tertiary/aromatic N) is 1. The lowest BCUT2D eigenvalue weighted by Gasteiger charge is -2.06. The third-order valence-corrected chi connectivity index (χ3v) is 3.22. The Morgan fingerprint density at radius 1 is 1.57 bits per heavy atom. The van der Waals surface area contributed by atoms with E-state index >= 15 is 0 Å². The first-order chi connectivity index (χ1) is 6.86. The molecular weight excluding hydrogens is 198 g/mol. The quantitative estimate of drug-likeness (QED) is 0.837. The van der Waals surface area contributed by atoms with Gasteiger partial charge in [0.05, 0.1) is 13.2 Å². The van der Waals surface area contributed by atoms with Crippen molar-refractivity contribution < 1.29 is 9.84 Å². The van der Waals surface area contributed by atoms with E-state index in [9.17, 15) is 5.11 Å². The number of methoxy groups -OCH3 is 1. The normalized spacial score (nSPS) is 11.3. The fourth-order valence-electron chi connectivity index (χ4n) is 1.59. The van der Waals surface area contributed by atoms with Gasteiger partial charge in [0.15, 0.2) is 0 Å². The number of aliphatic hydroxyl groups is 1. The van der Waals surface area contributed by atoms with E-state index in [1.165, 1.54) is 10.2 Å². The number of hydrogen-bond donors (Lipinski definition) is 1. The van der Waals surface area contributed by atoms with Gasteiger partial charge < -0.3 is 14.4 Å². The van der Waals surface area contributed by atoms with Crippen molar-refractivity contribution in [2.75, 3.05) is 13.7 Å². The van der Waals surface area contributed by atoms with E-state index in [0.29, 0.717) is 6.61 Å². The van der Waals surface area contributed by atoms with Crippen LogP contribution in [0.5, 0.6) is 0 Å². The van der Waals surface area contributed by atoms with E-state index in [2.05, 4.69) is 16.0 Å². The molecule has 0 spiro atoms. The molecule has 0 saturated carbocycles. The van der Waals surface area contributed by atoms with Gasteiger partial charge in [-0.1, -0.05) is 0 Å². The van der Waals surface area contributed by atoms with Gasteiger partial charge in [0.25, 0.3) is 0 Å². The fourth-order valence-corrected chi connectivity index (χ4v) is 2.53. The van der Waals surface area contributed by atoms with Gasteiger partial charge >= 0.3 is 0 Å². The van der Waals surface area contributed by atoms with Crippen LogP contribution in [0.15, 0.2) is 17.5 Å². The van der Waals surface area contributed by atoms with Gasteiger partial charge in [0.1, 0.15) is 4.83 Å². The summed E-state index contributed by atoms with van der Waals surface area (Å²) in [6.45, 7) is 1.57. The zero-order chi connectivity index (χ0) is 9.97. The molecule has 76 valence electrons. The summed E-state index contributed by atoms with van der Waals surface area (Å²) in [5.41, 5.74) is 0.962. The van der Waals surface area contributed by atoms with Gasteiger partial charge in [0, 0.05) is 24.7 Å². The first-order valence-electron chi connectivity index (χ1n) is 4.52. The Kier molecular flexibility index (Phi) is 2.86. The SMILES string of the molecule is COCCn1c(CO)cc2ccsc21. The molecule has 14 heavy (non-hydrogen) atoms. The highest BCUT2D eigenvalue weighted by Crippen LogP contribution is 2.25. The van der Waals surface area contributed by atoms with Crippen LogP contribution in [0.1, 0.15) is 5.69 Å². The molecule has 0 bridgehead atoms. The summed E-state index contributed by atoms with van der Waals surface area (Å²) in [4.78, 5) is 1.21. The third-order valence-electron chi connectivity index (χ3n) is 2.27. The number of fused-ring (bicyclic) bond motifs is 1. The molecule has 4 heteroatoms. The van der Waals surface area contributed by atoms with E-state index in [0.717, 1.165) is 12.2 Å². The van der Waals surface area contributed by atoms with Crippen molar-refractivity contribution in [2.24, 2.45) is 0 Å². The molecule has 0 unspecified atom stereocenters. The predicted molar refractivity (Wildman–Crippen MR) is 57.6 cm³/mol. The molecule has 2 aromatic rings. The summed E-state index contributed by atoms with van der Waals surface area (Å²) in [7, 11) is 1.69. The highest BCUT2D eigenvalue weighted by molar-refractivity contribution is 7.16. The number of aliphatic hydroxyl groups excluding tert-OH is 1. The van der Waals surface area contributed by atoms with Crippen molar-refractivity contribution in [3.05, 3.63) is 23.2 Å². The Balaban J connectivity index is 2.40. The van der Waals surface area contributed by atoms with Crippen LogP contribution in [-0.2, 0) is 17.9 Å². The molecule has 0 aliphatic carbocycles. The van der Waals surface area contributed by atoms with Gasteiger partial charge in [-0.2, -0.15) is 0 Å². The van der Waals surface area contributed by atoms with E-state index in [-0.39, 0.29) is 6.61 Å². The highest BCUT2D eigenvalue weighted by Gasteiger charge is 2.08. The summed E-state index contributed by atoms with van der Waals surface area (Å²) in [5.74, 6) is 0. The van der Waals surface area contributed by atoms with Crippen molar-refractivity contribution in [3.63, 3.8) is 0 Å². The summed E-state index contributed by atoms with van der Waals surface area (Å²) in [6, 6.07) is 4.10. The minimum absolute atomic E-state index is 0.0884. The van der Waals surface area contributed by atoms with Crippen LogP contribution in [0.3, 0.4) is 0 Å². The number of hydrogen-bond acceptors (Lipinski definition) is 3. The van der Waals surface area contributed by atoms with E-state index in [1.807, 2.05) is 6.07 Å². The molecular formula is C10H13NO2S. The first kappa shape index (κ1) is 9.71. The summed E-state index contributed by atoms with van der Waals surface area (Å²) < 4.78 is 7.16. The van der Waals surface area contributed by atoms with Gasteiger partial charge in [-0.15, -0.1) is 11.3 Å². The number of ether oxygens (including phenoxy) is 1. The van der Waals surface area contributed by atoms with Gasteiger partial charge in [0.2, 0.25) is 0 Å². The lowest BCUT2D eigenvalue weighted by atomic mass is 10.4. The van der Waals surface area contributed by atoms with Crippen molar-refractivity contribution in [1.29, 1.82) is 0 Å². The maximum atomic E-state index is 9.18. The van der Waals surface area contributed by atoms with Crippen LogP contribution in [0.4, 0.5) is 0 Å². The molecule has 2 rings (SSSR count). The van der Waals surface area contributed by atoms with Crippen LogP contribution < -0.4 is 0 Å². The van der Waals surface area contributed by atoms with Crippen molar-refractivity contribution in [2.45, 2.75) is 13.2 Å². The van der Waals surface area contributed by atoms with E-state index in [1.54, 1.807) is 18.4 Å². The summed E-state index contributed by atoms with van der Waals surface area (Å²) in [6.07, 6.45) is 0. The first-order valence-corrected chi connectivity index (χ1v) is 5.40. The molecule has 0 aliphatic rings. The third kappa shape index (κ3) is 1.56. The molecule has 0 amide bonds. The topological polar surface area (TPSA) is 34.4 Å². The van der Waals surface area contributed by atoms with Crippen molar-refractivity contribution in [1.82, 2.24) is 4.57 Å². The molecule has 1 N–H and O–H groups in total. The van der Waals surface area contributed by atoms with Crippen LogP contribution in [0.25, 0.3) is 10.2 Å². The Hall–Kier alpha value is -0.840. The summed E-state index contributed by atoms with van der Waals surface area (Å²) >= 11 is 1.70. The van der Waals surface area contributed by atoms with Crippen LogP contribution in [-0.4, -0.2) is 23.4 Å². The number of thiophene rings is 1. The fraction of sp³-hybridized carbons (Fsp3) is 0.400. The Morgan fingerprint density at radius 3 is 3.14 bits per heavy atom. The minimum Gasteiger partial charge on any atom is -0.390 e. The maximum absolute atomic E-state index is 9.18. The second kappa shape index (κ2) is 4.13. The monoisotopic (exact) mass is 211 g/mol. The molecule has 3 nitrogen and oxygen atoms in total. The number of aromatic nitrogens is 1. The van der Waals surface area contributed by atoms with Crippen molar-refractivity contribution >= 4 is 21.6 Å². The van der Waals surface area contributed by atoms with Gasteiger partial charge in [-0.05, 0) is 17.5 Å². The second-order valence-electron chi connectivity index (χ2n) is 3.12. The second-order valence-corrected chi connectivity index (χ2v) is 4.01. The average Bonchev–Trinajstić information content (AvgIpc) is 2.74.